The summed E-state index contributed by atoms with van der Waals surface area (Å²) >= 11 is 3.96. The molecule has 0 spiro atoms. The monoisotopic (exact) mass is 761 g/mol. The number of imidazole rings is 1. The highest BCUT2D eigenvalue weighted by atomic mass is 79.9. The number of hydrogen-bond acceptors (Lipinski definition) is 6. The minimum Gasteiger partial charge on any atom is -0.472 e. The maximum absolute atomic E-state index is 13.2. The summed E-state index contributed by atoms with van der Waals surface area (Å²) in [5.74, 6) is 1.12. The molecule has 0 atom stereocenters. The molecule has 0 bridgehead atoms. The van der Waals surface area contributed by atoms with E-state index in [1.807, 2.05) is 90.4 Å². The lowest BCUT2D eigenvalue weighted by Crippen LogP contribution is -2.39. The molecule has 2 aromatic heterocycles. The summed E-state index contributed by atoms with van der Waals surface area (Å²) in [5.41, 5.74) is 8.89. The van der Waals surface area contributed by atoms with Crippen LogP contribution in [0.15, 0.2) is 143 Å². The van der Waals surface area contributed by atoms with E-state index in [4.69, 9.17) is 24.8 Å². The van der Waals surface area contributed by atoms with E-state index in [2.05, 4.69) is 70.6 Å². The van der Waals surface area contributed by atoms with Crippen molar-refractivity contribution in [2.24, 2.45) is 0 Å². The van der Waals surface area contributed by atoms with E-state index >= 15 is 0 Å². The Bertz CT molecular complexity index is 2410. The molecule has 8 rings (SSSR count). The summed E-state index contributed by atoms with van der Waals surface area (Å²) in [6.45, 7) is 4.33. The summed E-state index contributed by atoms with van der Waals surface area (Å²) in [6.07, 6.45) is 4.09. The van der Waals surface area contributed by atoms with Gasteiger partial charge in [-0.25, -0.2) is 4.98 Å². The van der Waals surface area contributed by atoms with Gasteiger partial charge in [-0.3, -0.25) is 4.79 Å². The first-order valence-corrected chi connectivity index (χ1v) is 18.3. The number of aryl methyl sites for hydroxylation is 2. The van der Waals surface area contributed by atoms with Crippen LogP contribution in [-0.4, -0.2) is 42.7 Å². The van der Waals surface area contributed by atoms with E-state index in [1.54, 1.807) is 24.4 Å². The highest BCUT2D eigenvalue weighted by Crippen LogP contribution is 2.49. The maximum Gasteiger partial charge on any atom is 0.269 e. The normalized spacial score (nSPS) is 11.6. The molecule has 10 heteroatoms. The van der Waals surface area contributed by atoms with Crippen LogP contribution in [0, 0.1) is 6.92 Å². The third-order valence-corrected chi connectivity index (χ3v) is 10.7. The average molecular weight is 763 g/mol. The van der Waals surface area contributed by atoms with Crippen LogP contribution >= 0.6 is 15.9 Å². The standard InChI is InChI=1S/C43H36BrN7O2/c1-4-37-46-28(2)40(42(52)45-3)50(37)26-35-32-24-25-53-27-36(32)39(44)38(35)33-22-14-15-23-34(33)41-47-49-51(48-41)43(29-16-8-5-9-17-29,30-18-10-6-11-19-30)31-20-12-7-13-21-31/h5-25,27H,4,26H2,1-3H3,(H,45,52). The van der Waals surface area contributed by atoms with Gasteiger partial charge in [0, 0.05) is 34.6 Å². The van der Waals surface area contributed by atoms with Crippen molar-refractivity contribution in [2.75, 3.05) is 7.05 Å². The minimum atomic E-state index is -0.918. The molecule has 0 fully saturated rings. The second-order valence-electron chi connectivity index (χ2n) is 12.8. The Morgan fingerprint density at radius 1 is 0.792 bits per heavy atom. The molecular formula is C43H36BrN7O2. The van der Waals surface area contributed by atoms with Gasteiger partial charge in [-0.05, 0) is 67.5 Å². The molecule has 4 aromatic carbocycles. The highest BCUT2D eigenvalue weighted by molar-refractivity contribution is 9.10. The quantitative estimate of drug-likeness (QED) is 0.140. The van der Waals surface area contributed by atoms with Gasteiger partial charge >= 0.3 is 0 Å². The number of fused-ring (bicyclic) bond motifs is 1. The summed E-state index contributed by atoms with van der Waals surface area (Å²) in [4.78, 5) is 19.7. The lowest BCUT2D eigenvalue weighted by atomic mass is 9.77. The number of benzene rings is 4. The zero-order valence-electron chi connectivity index (χ0n) is 29.5. The predicted molar refractivity (Wildman–Crippen MR) is 209 cm³/mol. The van der Waals surface area contributed by atoms with Crippen molar-refractivity contribution < 1.29 is 9.21 Å². The highest BCUT2D eigenvalue weighted by Gasteiger charge is 2.41. The molecule has 6 aromatic rings. The van der Waals surface area contributed by atoms with Crippen LogP contribution in [0.25, 0.3) is 33.6 Å². The largest absolute Gasteiger partial charge is 0.472 e. The van der Waals surface area contributed by atoms with E-state index in [1.165, 1.54) is 0 Å². The summed E-state index contributed by atoms with van der Waals surface area (Å²) in [5, 5.41) is 17.7. The van der Waals surface area contributed by atoms with Crippen molar-refractivity contribution in [3.63, 3.8) is 0 Å². The van der Waals surface area contributed by atoms with Crippen LogP contribution in [-0.2, 0) is 18.5 Å². The predicted octanol–water partition coefficient (Wildman–Crippen LogP) is 8.78. The number of nitrogens with zero attached hydrogens (tertiary/aromatic N) is 6. The van der Waals surface area contributed by atoms with Gasteiger partial charge in [-0.1, -0.05) is 122 Å². The molecule has 0 radical (unpaired) electrons. The van der Waals surface area contributed by atoms with Gasteiger partial charge in [0.1, 0.15) is 11.5 Å². The van der Waals surface area contributed by atoms with Crippen molar-refractivity contribution in [3.8, 4) is 33.6 Å². The van der Waals surface area contributed by atoms with E-state index in [0.29, 0.717) is 30.2 Å². The number of amides is 1. The molecular weight excluding hydrogens is 726 g/mol. The second kappa shape index (κ2) is 14.1. The fourth-order valence-electron chi connectivity index (χ4n) is 7.53. The molecule has 53 heavy (non-hydrogen) atoms. The fraction of sp³-hybridized carbons (Fsp3) is 0.140. The third-order valence-electron chi connectivity index (χ3n) is 9.89. The molecule has 1 amide bonds. The Hall–Kier alpha value is -6.13. The van der Waals surface area contributed by atoms with Gasteiger partial charge in [0.05, 0.1) is 24.8 Å². The Labute approximate surface area is 315 Å². The first kappa shape index (κ1) is 34.0. The Kier molecular flexibility index (Phi) is 9.05. The van der Waals surface area contributed by atoms with E-state index in [0.717, 1.165) is 60.4 Å². The van der Waals surface area contributed by atoms with Gasteiger partial charge < -0.3 is 14.3 Å². The number of carbonyl (C=O) groups excluding carboxylic acids is 1. The number of tetrazole rings is 1. The van der Waals surface area contributed by atoms with Crippen LogP contribution in [0.3, 0.4) is 0 Å². The third kappa shape index (κ3) is 5.66. The second-order valence-corrected chi connectivity index (χ2v) is 13.6. The molecule has 9 nitrogen and oxygen atoms in total. The molecule has 0 saturated carbocycles. The zero-order valence-corrected chi connectivity index (χ0v) is 31.1. The smallest absolute Gasteiger partial charge is 0.269 e. The number of halogens is 1. The van der Waals surface area contributed by atoms with Gasteiger partial charge in [0.15, 0.2) is 5.54 Å². The van der Waals surface area contributed by atoms with Crippen LogP contribution in [0.5, 0.6) is 0 Å². The number of aromatic nitrogens is 6. The van der Waals surface area contributed by atoms with Crippen LogP contribution < -0.4 is 5.32 Å². The van der Waals surface area contributed by atoms with Gasteiger partial charge in [-0.15, -0.1) is 15.0 Å². The summed E-state index contributed by atoms with van der Waals surface area (Å²) < 4.78 is 8.58. The molecule has 0 unspecified atom stereocenters. The molecule has 2 aliphatic rings. The maximum atomic E-state index is 13.2. The van der Waals surface area contributed by atoms with Gasteiger partial charge in [0.25, 0.3) is 5.91 Å². The lowest BCUT2D eigenvalue weighted by molar-refractivity contribution is 0.0953. The number of rotatable bonds is 10. The van der Waals surface area contributed by atoms with Crippen molar-refractivity contribution >= 4 is 21.8 Å². The lowest BCUT2D eigenvalue weighted by Gasteiger charge is -2.34. The number of nitrogens with one attached hydrogen (secondary N) is 1. The molecule has 1 aliphatic carbocycles. The fourth-order valence-corrected chi connectivity index (χ4v) is 8.29. The molecule has 1 aliphatic heterocycles. The molecule has 262 valence electrons. The molecule has 1 N–H and O–H groups in total. The van der Waals surface area contributed by atoms with Gasteiger partial charge in [0.2, 0.25) is 5.82 Å². The topological polar surface area (TPSA) is 104 Å². The summed E-state index contributed by atoms with van der Waals surface area (Å²) in [7, 11) is 1.64. The first-order valence-electron chi connectivity index (χ1n) is 17.5. The SMILES string of the molecule is CCc1nc(C)c(C(=O)NC)n1Cc1c2ccocc-2c(Br)c1-c1ccccc1-c1nnn(C(c2ccccc2)(c2ccccc2)c2ccccc2)n1. The molecule has 3 heterocycles. The zero-order chi connectivity index (χ0) is 36.5. The van der Waals surface area contributed by atoms with Crippen molar-refractivity contribution in [2.45, 2.75) is 32.4 Å². The van der Waals surface area contributed by atoms with Crippen LogP contribution in [0.1, 0.15) is 51.2 Å². The average Bonchev–Trinajstić information content (AvgIpc) is 3.90. The van der Waals surface area contributed by atoms with Crippen LogP contribution in [0.2, 0.25) is 0 Å². The van der Waals surface area contributed by atoms with Crippen molar-refractivity contribution in [3.05, 3.63) is 178 Å². The molecule has 0 saturated heterocycles. The number of carbonyl (C=O) groups is 1. The van der Waals surface area contributed by atoms with Crippen LogP contribution in [0.4, 0.5) is 0 Å². The summed E-state index contributed by atoms with van der Waals surface area (Å²) in [6, 6.07) is 41.0. The van der Waals surface area contributed by atoms with Gasteiger partial charge in [-0.2, -0.15) is 0 Å². The Balaban J connectivity index is 1.34. The first-order chi connectivity index (χ1) is 26.0. The van der Waals surface area contributed by atoms with E-state index < -0.39 is 5.54 Å². The van der Waals surface area contributed by atoms with E-state index in [9.17, 15) is 4.79 Å². The van der Waals surface area contributed by atoms with Crippen molar-refractivity contribution in [1.82, 2.24) is 35.1 Å². The minimum absolute atomic E-state index is 0.180. The number of hydrogen-bond donors (Lipinski definition) is 1. The van der Waals surface area contributed by atoms with Crippen molar-refractivity contribution in [1.29, 1.82) is 0 Å². The Morgan fingerprint density at radius 3 is 1.96 bits per heavy atom. The van der Waals surface area contributed by atoms with E-state index in [-0.39, 0.29) is 5.91 Å². The Morgan fingerprint density at radius 2 is 1.38 bits per heavy atom.